The summed E-state index contributed by atoms with van der Waals surface area (Å²) in [6, 6.07) is 8.36. The van der Waals surface area contributed by atoms with Crippen LogP contribution in [0.3, 0.4) is 0 Å². The monoisotopic (exact) mass is 353 g/mol. The Hall–Kier alpha value is -2.44. The average molecular weight is 353 g/mol. The van der Waals surface area contributed by atoms with E-state index >= 15 is 0 Å². The zero-order valence-electron chi connectivity index (χ0n) is 14.5. The van der Waals surface area contributed by atoms with Crippen LogP contribution in [0.4, 0.5) is 0 Å². The largest absolute Gasteiger partial charge is 0.454 e. The number of rotatable bonds is 0. The molecule has 0 N–H and O–H groups in total. The lowest BCUT2D eigenvalue weighted by Crippen LogP contribution is -2.53. The van der Waals surface area contributed by atoms with Gasteiger partial charge in [0.1, 0.15) is 0 Å². The Balaban J connectivity index is 1.49. The molecule has 2 aromatic carbocycles. The van der Waals surface area contributed by atoms with Gasteiger partial charge in [0.25, 0.3) is 0 Å². The number of likely N-dealkylation sites (N-methyl/N-ethyl adjacent to an activating group) is 1. The Morgan fingerprint density at radius 2 is 1.73 bits per heavy atom. The van der Waals surface area contributed by atoms with Gasteiger partial charge in [0.2, 0.25) is 13.6 Å². The second-order valence-electron chi connectivity index (χ2n) is 7.22. The molecule has 2 aromatic rings. The SMILES string of the molecule is CN1CCc2cc3c(cc2C12Cc1ccc4c(c1CO2)OCO4)OCO3. The molecule has 6 rings (SSSR count). The zero-order valence-corrected chi connectivity index (χ0v) is 14.5. The minimum atomic E-state index is -0.491. The number of nitrogens with zero attached hydrogens (tertiary/aromatic N) is 1. The molecule has 4 aliphatic rings. The van der Waals surface area contributed by atoms with Crippen molar-refractivity contribution in [1.29, 1.82) is 0 Å². The van der Waals surface area contributed by atoms with Crippen LogP contribution in [0.15, 0.2) is 24.3 Å². The van der Waals surface area contributed by atoms with Crippen LogP contribution in [-0.2, 0) is 29.9 Å². The summed E-state index contributed by atoms with van der Waals surface area (Å²) >= 11 is 0. The molecule has 1 spiro atoms. The molecule has 4 heterocycles. The van der Waals surface area contributed by atoms with E-state index in [1.807, 2.05) is 6.07 Å². The molecule has 0 bridgehead atoms. The number of hydrogen-bond acceptors (Lipinski definition) is 6. The highest BCUT2D eigenvalue weighted by molar-refractivity contribution is 5.55. The quantitative estimate of drug-likeness (QED) is 0.726. The molecule has 0 aliphatic carbocycles. The molecule has 6 nitrogen and oxygen atoms in total. The lowest BCUT2D eigenvalue weighted by atomic mass is 9.82. The fourth-order valence-corrected chi connectivity index (χ4v) is 4.54. The third-order valence-electron chi connectivity index (χ3n) is 5.98. The van der Waals surface area contributed by atoms with E-state index in [4.69, 9.17) is 23.7 Å². The average Bonchev–Trinajstić information content (AvgIpc) is 3.32. The summed E-state index contributed by atoms with van der Waals surface area (Å²) in [5.74, 6) is 3.28. The van der Waals surface area contributed by atoms with Crippen LogP contribution >= 0.6 is 0 Å². The molecular formula is C20H19NO5. The summed E-state index contributed by atoms with van der Waals surface area (Å²) in [6.45, 7) is 2.00. The highest BCUT2D eigenvalue weighted by atomic mass is 16.7. The molecule has 1 unspecified atom stereocenters. The van der Waals surface area contributed by atoms with Crippen molar-refractivity contribution in [2.45, 2.75) is 25.2 Å². The lowest BCUT2D eigenvalue weighted by Gasteiger charge is -2.48. The van der Waals surface area contributed by atoms with E-state index in [1.54, 1.807) is 0 Å². The number of ether oxygens (including phenoxy) is 5. The second kappa shape index (κ2) is 5.05. The van der Waals surface area contributed by atoms with E-state index < -0.39 is 5.72 Å². The van der Waals surface area contributed by atoms with Gasteiger partial charge < -0.3 is 23.7 Å². The molecule has 0 fully saturated rings. The first-order valence-electron chi connectivity index (χ1n) is 8.93. The van der Waals surface area contributed by atoms with Gasteiger partial charge >= 0.3 is 0 Å². The second-order valence-corrected chi connectivity index (χ2v) is 7.22. The highest BCUT2D eigenvalue weighted by Crippen LogP contribution is 2.49. The van der Waals surface area contributed by atoms with Crippen LogP contribution < -0.4 is 18.9 Å². The molecule has 134 valence electrons. The highest BCUT2D eigenvalue weighted by Gasteiger charge is 2.46. The summed E-state index contributed by atoms with van der Waals surface area (Å²) in [7, 11) is 2.13. The van der Waals surface area contributed by atoms with Gasteiger partial charge in [0, 0.05) is 24.1 Å². The minimum Gasteiger partial charge on any atom is -0.454 e. The normalized spacial score (nSPS) is 25.3. The number of fused-ring (bicyclic) bond motifs is 6. The maximum absolute atomic E-state index is 6.55. The van der Waals surface area contributed by atoms with Crippen molar-refractivity contribution in [3.63, 3.8) is 0 Å². The molecule has 0 amide bonds. The lowest BCUT2D eigenvalue weighted by molar-refractivity contribution is -0.177. The summed E-state index contributed by atoms with van der Waals surface area (Å²) in [5, 5.41) is 0. The molecular weight excluding hydrogens is 334 g/mol. The van der Waals surface area contributed by atoms with Crippen LogP contribution in [0.25, 0.3) is 0 Å². The fourth-order valence-electron chi connectivity index (χ4n) is 4.54. The van der Waals surface area contributed by atoms with Gasteiger partial charge in [0.05, 0.1) is 6.61 Å². The van der Waals surface area contributed by atoms with Crippen LogP contribution in [0.2, 0.25) is 0 Å². The molecule has 6 heteroatoms. The summed E-state index contributed by atoms with van der Waals surface area (Å²) in [5.41, 5.74) is 4.31. The zero-order chi connectivity index (χ0) is 17.3. The van der Waals surface area contributed by atoms with E-state index in [1.165, 1.54) is 16.7 Å². The van der Waals surface area contributed by atoms with Gasteiger partial charge in [-0.25, -0.2) is 0 Å². The van der Waals surface area contributed by atoms with Gasteiger partial charge in [-0.2, -0.15) is 0 Å². The Bertz CT molecular complexity index is 927. The van der Waals surface area contributed by atoms with E-state index in [-0.39, 0.29) is 13.6 Å². The summed E-state index contributed by atoms with van der Waals surface area (Å²) in [4.78, 5) is 2.31. The molecule has 1 atom stereocenters. The van der Waals surface area contributed by atoms with Crippen LogP contribution in [0, 0.1) is 0 Å². The molecule has 0 saturated heterocycles. The Morgan fingerprint density at radius 3 is 2.65 bits per heavy atom. The van der Waals surface area contributed by atoms with Gasteiger partial charge in [-0.15, -0.1) is 0 Å². The van der Waals surface area contributed by atoms with Crippen LogP contribution in [0.5, 0.6) is 23.0 Å². The first-order valence-corrected chi connectivity index (χ1v) is 8.93. The predicted molar refractivity (Wildman–Crippen MR) is 91.6 cm³/mol. The topological polar surface area (TPSA) is 49.4 Å². The van der Waals surface area contributed by atoms with E-state index in [2.05, 4.69) is 30.1 Å². The van der Waals surface area contributed by atoms with Gasteiger partial charge in [0.15, 0.2) is 28.7 Å². The third kappa shape index (κ3) is 1.83. The molecule has 4 aliphatic heterocycles. The fraction of sp³-hybridized carbons (Fsp3) is 0.400. The van der Waals surface area contributed by atoms with Gasteiger partial charge in [-0.1, -0.05) is 6.07 Å². The van der Waals surface area contributed by atoms with Crippen molar-refractivity contribution in [2.75, 3.05) is 27.2 Å². The maximum atomic E-state index is 6.55. The van der Waals surface area contributed by atoms with Crippen molar-refractivity contribution >= 4 is 0 Å². The Morgan fingerprint density at radius 1 is 0.923 bits per heavy atom. The Kier molecular flexibility index (Phi) is 2.86. The smallest absolute Gasteiger partial charge is 0.231 e. The van der Waals surface area contributed by atoms with Gasteiger partial charge in [-0.05, 0) is 42.8 Å². The number of benzene rings is 2. The van der Waals surface area contributed by atoms with Crippen molar-refractivity contribution in [3.8, 4) is 23.0 Å². The van der Waals surface area contributed by atoms with Crippen molar-refractivity contribution in [1.82, 2.24) is 4.90 Å². The van der Waals surface area contributed by atoms with E-state index in [0.29, 0.717) is 6.61 Å². The summed E-state index contributed by atoms with van der Waals surface area (Å²) < 4.78 is 28.9. The minimum absolute atomic E-state index is 0.281. The number of hydrogen-bond donors (Lipinski definition) is 0. The molecule has 26 heavy (non-hydrogen) atoms. The molecule has 0 aromatic heterocycles. The van der Waals surface area contributed by atoms with E-state index in [9.17, 15) is 0 Å². The van der Waals surface area contributed by atoms with Crippen molar-refractivity contribution in [3.05, 3.63) is 46.5 Å². The van der Waals surface area contributed by atoms with Crippen LogP contribution in [-0.4, -0.2) is 32.1 Å². The standard InChI is InChI=1S/C20H19NO5/c1-21-5-4-12-6-17-18(24-10-23-17)7-15(12)20(21)8-13-2-3-16-19(25-11-22-16)14(13)9-26-20/h2-3,6-7H,4-5,8-11H2,1H3. The summed E-state index contributed by atoms with van der Waals surface area (Å²) in [6.07, 6.45) is 1.74. The molecule has 0 radical (unpaired) electrons. The first kappa shape index (κ1) is 14.7. The maximum Gasteiger partial charge on any atom is 0.231 e. The predicted octanol–water partition coefficient (Wildman–Crippen LogP) is 2.56. The Labute approximate surface area is 151 Å². The third-order valence-corrected chi connectivity index (χ3v) is 5.98. The first-order chi connectivity index (χ1) is 12.7. The van der Waals surface area contributed by atoms with Crippen molar-refractivity contribution < 1.29 is 23.7 Å². The van der Waals surface area contributed by atoms with Crippen molar-refractivity contribution in [2.24, 2.45) is 0 Å². The molecule has 0 saturated carbocycles. The van der Waals surface area contributed by atoms with E-state index in [0.717, 1.165) is 47.9 Å². The van der Waals surface area contributed by atoms with Gasteiger partial charge in [-0.3, -0.25) is 4.90 Å². The van der Waals surface area contributed by atoms with Crippen LogP contribution in [0.1, 0.15) is 22.3 Å².